The van der Waals surface area contributed by atoms with Crippen LogP contribution in [-0.2, 0) is 19.5 Å². The number of fused-ring (bicyclic) bond motifs is 1. The molecule has 0 saturated carbocycles. The lowest BCUT2D eigenvalue weighted by Gasteiger charge is -2.20. The summed E-state index contributed by atoms with van der Waals surface area (Å²) in [5.74, 6) is 0.350. The second kappa shape index (κ2) is 15.6. The first-order valence-corrected chi connectivity index (χ1v) is 15.9. The molecule has 2 N–H and O–H groups in total. The number of benzene rings is 2. The predicted molar refractivity (Wildman–Crippen MR) is 188 cm³/mol. The van der Waals surface area contributed by atoms with Gasteiger partial charge in [0.15, 0.2) is 0 Å². The van der Waals surface area contributed by atoms with Gasteiger partial charge in [0, 0.05) is 52.4 Å². The standard InChI is InChI=1S/C35H33FN6S.C2H6/c1-5-7-27-21-39-32-14-10-26(17-31(32)34(27)42(4)6-2)33-15-13-29(43-33)22-41-35-30(16-25(18-37)20-40-35)23(3)38-19-24-8-11-28(36)12-9-24;1-2/h6,8-17,20-21,38H,2-3,5,7,19,22H2,1,4H3,(H,40,41);1-2H3. The van der Waals surface area contributed by atoms with Crippen molar-refractivity contribution in [1.82, 2.24) is 15.3 Å². The molecule has 45 heavy (non-hydrogen) atoms. The number of pyridine rings is 2. The van der Waals surface area contributed by atoms with Gasteiger partial charge in [0.05, 0.1) is 23.3 Å². The highest BCUT2D eigenvalue weighted by atomic mass is 32.1. The first-order valence-electron chi connectivity index (χ1n) is 15.1. The number of nitrogens with zero attached hydrogens (tertiary/aromatic N) is 4. The Bertz CT molecular complexity index is 1820. The molecule has 230 valence electrons. The highest BCUT2D eigenvalue weighted by Crippen LogP contribution is 2.36. The molecule has 0 radical (unpaired) electrons. The second-order valence-electron chi connectivity index (χ2n) is 10.2. The van der Waals surface area contributed by atoms with Crippen LogP contribution in [0.1, 0.15) is 54.3 Å². The van der Waals surface area contributed by atoms with Gasteiger partial charge in [0.2, 0.25) is 0 Å². The Morgan fingerprint density at radius 2 is 1.82 bits per heavy atom. The van der Waals surface area contributed by atoms with E-state index in [0.717, 1.165) is 50.3 Å². The van der Waals surface area contributed by atoms with Crippen LogP contribution in [0.4, 0.5) is 15.9 Å². The molecule has 0 aliphatic rings. The summed E-state index contributed by atoms with van der Waals surface area (Å²) < 4.78 is 13.3. The van der Waals surface area contributed by atoms with E-state index in [-0.39, 0.29) is 5.82 Å². The molecule has 0 saturated heterocycles. The van der Waals surface area contributed by atoms with Crippen molar-refractivity contribution in [3.63, 3.8) is 0 Å². The number of aromatic nitrogens is 2. The van der Waals surface area contributed by atoms with Crippen LogP contribution in [0.3, 0.4) is 0 Å². The molecule has 6 nitrogen and oxygen atoms in total. The number of nitriles is 1. The van der Waals surface area contributed by atoms with Crippen molar-refractivity contribution < 1.29 is 4.39 Å². The normalized spacial score (nSPS) is 10.4. The fourth-order valence-corrected chi connectivity index (χ4v) is 5.88. The van der Waals surface area contributed by atoms with Gasteiger partial charge in [-0.3, -0.25) is 4.98 Å². The van der Waals surface area contributed by atoms with E-state index in [2.05, 4.69) is 77.0 Å². The maximum Gasteiger partial charge on any atom is 0.135 e. The predicted octanol–water partition coefficient (Wildman–Crippen LogP) is 9.30. The summed E-state index contributed by atoms with van der Waals surface area (Å²) >= 11 is 1.71. The summed E-state index contributed by atoms with van der Waals surface area (Å²) in [4.78, 5) is 13.6. The minimum Gasteiger partial charge on any atom is -0.381 e. The summed E-state index contributed by atoms with van der Waals surface area (Å²) in [5.41, 5.74) is 7.14. The first-order chi connectivity index (χ1) is 21.9. The van der Waals surface area contributed by atoms with Crippen molar-refractivity contribution in [2.24, 2.45) is 0 Å². The van der Waals surface area contributed by atoms with Crippen LogP contribution in [-0.4, -0.2) is 17.0 Å². The third-order valence-corrected chi connectivity index (χ3v) is 8.33. The molecule has 3 heterocycles. The number of aryl methyl sites for hydroxylation is 1. The largest absolute Gasteiger partial charge is 0.381 e. The first kappa shape index (κ1) is 32.9. The number of hydrogen-bond acceptors (Lipinski definition) is 7. The van der Waals surface area contributed by atoms with Gasteiger partial charge in [-0.25, -0.2) is 9.37 Å². The van der Waals surface area contributed by atoms with E-state index in [1.54, 1.807) is 35.7 Å². The third-order valence-electron chi connectivity index (χ3n) is 7.20. The van der Waals surface area contributed by atoms with Gasteiger partial charge < -0.3 is 15.5 Å². The molecule has 0 fully saturated rings. The summed E-state index contributed by atoms with van der Waals surface area (Å²) in [7, 11) is 2.03. The highest BCUT2D eigenvalue weighted by molar-refractivity contribution is 7.15. The molecule has 2 aromatic carbocycles. The average molecular weight is 619 g/mol. The van der Waals surface area contributed by atoms with Crippen LogP contribution in [0, 0.1) is 17.1 Å². The van der Waals surface area contributed by atoms with Gasteiger partial charge >= 0.3 is 0 Å². The van der Waals surface area contributed by atoms with Crippen LogP contribution in [0.5, 0.6) is 0 Å². The molecule has 0 aliphatic carbocycles. The lowest BCUT2D eigenvalue weighted by Crippen LogP contribution is -2.13. The van der Waals surface area contributed by atoms with Gasteiger partial charge in [-0.2, -0.15) is 5.26 Å². The third kappa shape index (κ3) is 7.94. The van der Waals surface area contributed by atoms with Crippen molar-refractivity contribution in [1.29, 1.82) is 5.26 Å². The molecular weight excluding hydrogens is 580 g/mol. The Morgan fingerprint density at radius 1 is 1.04 bits per heavy atom. The van der Waals surface area contributed by atoms with E-state index in [4.69, 9.17) is 4.98 Å². The van der Waals surface area contributed by atoms with Crippen LogP contribution in [0.15, 0.2) is 92.4 Å². The van der Waals surface area contributed by atoms with E-state index < -0.39 is 0 Å². The van der Waals surface area contributed by atoms with Crippen LogP contribution >= 0.6 is 11.3 Å². The minimum atomic E-state index is -0.277. The average Bonchev–Trinajstić information content (AvgIpc) is 3.56. The van der Waals surface area contributed by atoms with Gasteiger partial charge in [-0.15, -0.1) is 11.3 Å². The van der Waals surface area contributed by atoms with Gasteiger partial charge in [0.1, 0.15) is 17.7 Å². The van der Waals surface area contributed by atoms with Gasteiger partial charge in [-0.05, 0) is 71.8 Å². The van der Waals surface area contributed by atoms with E-state index in [1.807, 2.05) is 33.3 Å². The lowest BCUT2D eigenvalue weighted by molar-refractivity contribution is 0.626. The fraction of sp³-hybridized carbons (Fsp3) is 0.216. The highest BCUT2D eigenvalue weighted by Gasteiger charge is 2.14. The molecule has 0 amide bonds. The Morgan fingerprint density at radius 3 is 2.53 bits per heavy atom. The molecule has 0 aliphatic heterocycles. The van der Waals surface area contributed by atoms with Crippen molar-refractivity contribution in [2.75, 3.05) is 17.3 Å². The van der Waals surface area contributed by atoms with Gasteiger partial charge in [0.25, 0.3) is 0 Å². The Labute approximate surface area is 269 Å². The smallest absolute Gasteiger partial charge is 0.135 e. The topological polar surface area (TPSA) is 76.9 Å². The zero-order chi connectivity index (χ0) is 32.3. The number of rotatable bonds is 12. The number of hydrogen-bond donors (Lipinski definition) is 2. The van der Waals surface area contributed by atoms with Gasteiger partial charge in [-0.1, -0.05) is 58.5 Å². The van der Waals surface area contributed by atoms with Crippen LogP contribution < -0.4 is 15.5 Å². The molecular formula is C37H39FN6S. The maximum atomic E-state index is 13.3. The quantitative estimate of drug-likeness (QED) is 0.145. The van der Waals surface area contributed by atoms with E-state index in [0.29, 0.717) is 35.7 Å². The summed E-state index contributed by atoms with van der Waals surface area (Å²) in [6.45, 7) is 15.4. The van der Waals surface area contributed by atoms with Crippen molar-refractivity contribution in [2.45, 2.75) is 46.7 Å². The number of thiophene rings is 1. The fourth-order valence-electron chi connectivity index (χ4n) is 4.94. The van der Waals surface area contributed by atoms with Crippen molar-refractivity contribution in [3.8, 4) is 16.5 Å². The molecule has 0 atom stereocenters. The Balaban J connectivity index is 0.00000226. The zero-order valence-corrected chi connectivity index (χ0v) is 27.1. The minimum absolute atomic E-state index is 0.277. The van der Waals surface area contributed by atoms with E-state index in [1.165, 1.54) is 17.7 Å². The van der Waals surface area contributed by atoms with Crippen LogP contribution in [0.25, 0.3) is 27.0 Å². The van der Waals surface area contributed by atoms with E-state index >= 15 is 0 Å². The van der Waals surface area contributed by atoms with Crippen molar-refractivity contribution in [3.05, 3.63) is 125 Å². The summed E-state index contributed by atoms with van der Waals surface area (Å²) in [5, 5.41) is 17.3. The molecule has 0 unspecified atom stereocenters. The molecule has 0 bridgehead atoms. The molecule has 5 aromatic rings. The monoisotopic (exact) mass is 618 g/mol. The Hall–Kier alpha value is -5.00. The number of nitrogens with one attached hydrogen (secondary N) is 2. The number of halogens is 1. The maximum absolute atomic E-state index is 13.3. The second-order valence-corrected chi connectivity index (χ2v) is 11.4. The number of anilines is 2. The zero-order valence-electron chi connectivity index (χ0n) is 26.3. The summed E-state index contributed by atoms with van der Waals surface area (Å²) in [6, 6.07) is 20.9. The molecule has 0 spiro atoms. The molecule has 3 aromatic heterocycles. The molecule has 5 rings (SSSR count). The lowest BCUT2D eigenvalue weighted by atomic mass is 10.0. The van der Waals surface area contributed by atoms with Crippen LogP contribution in [0.2, 0.25) is 0 Å². The summed E-state index contributed by atoms with van der Waals surface area (Å²) in [6.07, 6.45) is 7.36. The van der Waals surface area contributed by atoms with E-state index in [9.17, 15) is 9.65 Å². The SMILES string of the molecule is C=CN(C)c1c(CCC)cnc2ccc(-c3ccc(CNc4ncc(C#N)cc4C(=C)NCc4ccc(F)cc4)s3)cc12.CC. The molecule has 8 heteroatoms. The van der Waals surface area contributed by atoms with Crippen molar-refractivity contribution >= 4 is 39.4 Å². The Kier molecular flexibility index (Phi) is 11.4.